The second-order valence-corrected chi connectivity index (χ2v) is 2.86. The zero-order valence-corrected chi connectivity index (χ0v) is 8.65. The van der Waals surface area contributed by atoms with Crippen molar-refractivity contribution in [2.75, 3.05) is 24.2 Å². The van der Waals surface area contributed by atoms with Gasteiger partial charge < -0.3 is 10.6 Å². The van der Waals surface area contributed by atoms with Crippen LogP contribution in [-0.2, 0) is 0 Å². The Morgan fingerprint density at radius 3 is 2.87 bits per heavy atom. The van der Waals surface area contributed by atoms with Crippen LogP contribution in [0.2, 0.25) is 0 Å². The number of aromatic nitrogens is 2. The van der Waals surface area contributed by atoms with Gasteiger partial charge >= 0.3 is 5.69 Å². The molecule has 0 bridgehead atoms. The van der Waals surface area contributed by atoms with E-state index in [2.05, 4.69) is 20.6 Å². The highest BCUT2D eigenvalue weighted by atomic mass is 16.6. The molecule has 0 aliphatic carbocycles. The number of rotatable bonds is 5. The molecule has 7 heteroatoms. The van der Waals surface area contributed by atoms with Crippen molar-refractivity contribution in [1.29, 1.82) is 0 Å². The highest BCUT2D eigenvalue weighted by molar-refractivity contribution is 5.56. The molecule has 0 amide bonds. The Morgan fingerprint density at radius 1 is 1.60 bits per heavy atom. The van der Waals surface area contributed by atoms with E-state index in [0.29, 0.717) is 12.5 Å². The van der Waals surface area contributed by atoms with E-state index >= 15 is 0 Å². The third-order valence-corrected chi connectivity index (χ3v) is 1.73. The summed E-state index contributed by atoms with van der Waals surface area (Å²) in [4.78, 5) is 17.9. The zero-order valence-electron chi connectivity index (χ0n) is 8.65. The van der Waals surface area contributed by atoms with Crippen molar-refractivity contribution in [2.24, 2.45) is 0 Å². The molecule has 7 nitrogen and oxygen atoms in total. The van der Waals surface area contributed by atoms with Gasteiger partial charge in [0.05, 0.1) is 4.92 Å². The molecule has 0 aliphatic rings. The Balaban J connectivity index is 2.99. The maximum atomic E-state index is 10.6. The summed E-state index contributed by atoms with van der Waals surface area (Å²) < 4.78 is 0. The number of nitrogens with one attached hydrogen (secondary N) is 2. The van der Waals surface area contributed by atoms with Gasteiger partial charge in [0.15, 0.2) is 0 Å². The Hall–Kier alpha value is -1.92. The molecule has 1 aromatic rings. The normalized spacial score (nSPS) is 9.73. The molecule has 0 spiro atoms. The Labute approximate surface area is 87.1 Å². The topological polar surface area (TPSA) is 93.0 Å². The molecule has 0 atom stereocenters. The first-order chi connectivity index (χ1) is 7.19. The average molecular weight is 211 g/mol. The summed E-state index contributed by atoms with van der Waals surface area (Å²) in [7, 11) is 1.66. The maximum absolute atomic E-state index is 10.6. The van der Waals surface area contributed by atoms with Gasteiger partial charge in [0, 0.05) is 13.6 Å². The lowest BCUT2D eigenvalue weighted by atomic mass is 10.4. The van der Waals surface area contributed by atoms with Crippen LogP contribution >= 0.6 is 0 Å². The first-order valence-electron chi connectivity index (χ1n) is 4.62. The summed E-state index contributed by atoms with van der Waals surface area (Å²) in [6, 6.07) is 0. The number of nitro groups is 1. The summed E-state index contributed by atoms with van der Waals surface area (Å²) >= 11 is 0. The van der Waals surface area contributed by atoms with Crippen LogP contribution in [0.1, 0.15) is 13.3 Å². The van der Waals surface area contributed by atoms with E-state index < -0.39 is 4.92 Å². The second kappa shape index (κ2) is 5.08. The molecule has 0 aliphatic heterocycles. The van der Waals surface area contributed by atoms with Crippen molar-refractivity contribution < 1.29 is 4.92 Å². The van der Waals surface area contributed by atoms with Crippen LogP contribution in [0.15, 0.2) is 6.20 Å². The second-order valence-electron chi connectivity index (χ2n) is 2.86. The molecule has 1 heterocycles. The Morgan fingerprint density at radius 2 is 2.33 bits per heavy atom. The van der Waals surface area contributed by atoms with Crippen LogP contribution in [0.25, 0.3) is 0 Å². The molecular weight excluding hydrogens is 198 g/mol. The van der Waals surface area contributed by atoms with E-state index in [1.807, 2.05) is 6.92 Å². The fraction of sp³-hybridized carbons (Fsp3) is 0.500. The highest BCUT2D eigenvalue weighted by Crippen LogP contribution is 2.21. The highest BCUT2D eigenvalue weighted by Gasteiger charge is 2.16. The number of anilines is 2. The molecule has 1 rings (SSSR count). The van der Waals surface area contributed by atoms with Gasteiger partial charge in [-0.15, -0.1) is 0 Å². The first kappa shape index (κ1) is 11.2. The molecule has 0 radical (unpaired) electrons. The van der Waals surface area contributed by atoms with Crippen LogP contribution in [0.5, 0.6) is 0 Å². The fourth-order valence-corrected chi connectivity index (χ4v) is 1.00. The monoisotopic (exact) mass is 211 g/mol. The van der Waals surface area contributed by atoms with E-state index in [4.69, 9.17) is 0 Å². The van der Waals surface area contributed by atoms with Gasteiger partial charge in [-0.3, -0.25) is 10.1 Å². The van der Waals surface area contributed by atoms with Gasteiger partial charge in [-0.25, -0.2) is 4.98 Å². The fourth-order valence-electron chi connectivity index (χ4n) is 1.00. The van der Waals surface area contributed by atoms with Crippen LogP contribution < -0.4 is 10.6 Å². The average Bonchev–Trinajstić information content (AvgIpc) is 2.25. The van der Waals surface area contributed by atoms with Crippen molar-refractivity contribution in [1.82, 2.24) is 9.97 Å². The molecular formula is C8H13N5O2. The molecule has 82 valence electrons. The summed E-state index contributed by atoms with van der Waals surface area (Å²) in [6.07, 6.45) is 2.06. The first-order valence-corrected chi connectivity index (χ1v) is 4.62. The van der Waals surface area contributed by atoms with Crippen molar-refractivity contribution >= 4 is 17.5 Å². The van der Waals surface area contributed by atoms with E-state index in [1.165, 1.54) is 6.20 Å². The minimum absolute atomic E-state index is 0.109. The number of hydrogen-bond acceptors (Lipinski definition) is 6. The van der Waals surface area contributed by atoms with Gasteiger partial charge in [0.1, 0.15) is 6.20 Å². The molecule has 0 saturated heterocycles. The van der Waals surface area contributed by atoms with Crippen LogP contribution in [0.3, 0.4) is 0 Å². The van der Waals surface area contributed by atoms with Crippen molar-refractivity contribution in [3.05, 3.63) is 16.3 Å². The minimum atomic E-state index is -0.503. The predicted molar refractivity (Wildman–Crippen MR) is 57.0 cm³/mol. The largest absolute Gasteiger partial charge is 0.364 e. The van der Waals surface area contributed by atoms with Crippen molar-refractivity contribution in [2.45, 2.75) is 13.3 Å². The number of hydrogen-bond donors (Lipinski definition) is 2. The summed E-state index contributed by atoms with van der Waals surface area (Å²) in [5.74, 6) is 0.611. The lowest BCUT2D eigenvalue weighted by molar-refractivity contribution is -0.384. The summed E-state index contributed by atoms with van der Waals surface area (Å²) in [5.41, 5.74) is -0.109. The quantitative estimate of drug-likeness (QED) is 0.562. The van der Waals surface area contributed by atoms with Crippen molar-refractivity contribution in [3.8, 4) is 0 Å². The lowest BCUT2D eigenvalue weighted by Crippen LogP contribution is -2.08. The standard InChI is InChI=1S/C8H13N5O2/c1-3-4-10-7-6(13(14)15)5-11-8(9-2)12-7/h5H,3-4H2,1-2H3,(H2,9,10,11,12). The SMILES string of the molecule is CCCNc1nc(NC)ncc1[N+](=O)[O-]. The third kappa shape index (κ3) is 2.76. The molecule has 0 saturated carbocycles. The maximum Gasteiger partial charge on any atom is 0.329 e. The Bertz CT molecular complexity index is 355. The Kier molecular flexibility index (Phi) is 3.78. The third-order valence-electron chi connectivity index (χ3n) is 1.73. The summed E-state index contributed by atoms with van der Waals surface area (Å²) in [5, 5.41) is 16.3. The molecule has 15 heavy (non-hydrogen) atoms. The number of nitrogens with zero attached hydrogens (tertiary/aromatic N) is 3. The van der Waals surface area contributed by atoms with Gasteiger partial charge in [-0.1, -0.05) is 6.92 Å². The van der Waals surface area contributed by atoms with Gasteiger partial charge in [-0.05, 0) is 6.42 Å². The summed E-state index contributed by atoms with van der Waals surface area (Å²) in [6.45, 7) is 2.61. The smallest absolute Gasteiger partial charge is 0.329 e. The minimum Gasteiger partial charge on any atom is -0.364 e. The van der Waals surface area contributed by atoms with Gasteiger partial charge in [-0.2, -0.15) is 4.98 Å². The van der Waals surface area contributed by atoms with Gasteiger partial charge in [0.25, 0.3) is 0 Å². The predicted octanol–water partition coefficient (Wildman–Crippen LogP) is 1.25. The van der Waals surface area contributed by atoms with E-state index in [9.17, 15) is 10.1 Å². The van der Waals surface area contributed by atoms with Gasteiger partial charge in [0.2, 0.25) is 11.8 Å². The zero-order chi connectivity index (χ0) is 11.3. The van der Waals surface area contributed by atoms with Crippen LogP contribution in [0.4, 0.5) is 17.5 Å². The van der Waals surface area contributed by atoms with Crippen LogP contribution in [0, 0.1) is 10.1 Å². The molecule has 0 unspecified atom stereocenters. The molecule has 0 fully saturated rings. The van der Waals surface area contributed by atoms with Crippen LogP contribution in [-0.4, -0.2) is 28.5 Å². The van der Waals surface area contributed by atoms with Crippen molar-refractivity contribution in [3.63, 3.8) is 0 Å². The lowest BCUT2D eigenvalue weighted by Gasteiger charge is -2.05. The molecule has 2 N–H and O–H groups in total. The molecule has 0 aromatic carbocycles. The van der Waals surface area contributed by atoms with E-state index in [0.717, 1.165) is 6.42 Å². The molecule has 1 aromatic heterocycles. The van der Waals surface area contributed by atoms with E-state index in [-0.39, 0.29) is 11.5 Å². The van der Waals surface area contributed by atoms with E-state index in [1.54, 1.807) is 7.05 Å².